The normalized spacial score (nSPS) is 11.4. The Morgan fingerprint density at radius 3 is 2.52 bits per heavy atom. The number of carbonyl (C=O) groups is 2. The molecule has 0 bridgehead atoms. The monoisotopic (exact) mass is 344 g/mol. The number of carbonyl (C=O) groups excluding carboxylic acids is 1. The topological polar surface area (TPSA) is 119 Å². The molecule has 2 aromatic carbocycles. The molecule has 2 N–H and O–H groups in total. The summed E-state index contributed by atoms with van der Waals surface area (Å²) in [6, 6.07) is 13.5. The van der Waals surface area contributed by atoms with Gasteiger partial charge in [-0.15, -0.1) is 0 Å². The first-order valence-corrected chi connectivity index (χ1v) is 7.39. The van der Waals surface area contributed by atoms with Gasteiger partial charge < -0.3 is 15.2 Å². The van der Waals surface area contributed by atoms with Crippen molar-refractivity contribution >= 4 is 17.7 Å². The number of aliphatic carboxylic acids is 1. The molecule has 8 heteroatoms. The van der Waals surface area contributed by atoms with Crippen molar-refractivity contribution in [1.29, 1.82) is 0 Å². The first-order chi connectivity index (χ1) is 12.0. The lowest BCUT2D eigenvalue weighted by molar-refractivity contribution is -0.384. The second-order valence-electron chi connectivity index (χ2n) is 5.21. The molecule has 130 valence electrons. The molecule has 25 heavy (non-hydrogen) atoms. The van der Waals surface area contributed by atoms with Gasteiger partial charge in [-0.1, -0.05) is 42.5 Å². The van der Waals surface area contributed by atoms with Gasteiger partial charge in [0.25, 0.3) is 5.69 Å². The number of benzene rings is 2. The highest BCUT2D eigenvalue weighted by Crippen LogP contribution is 2.22. The zero-order chi connectivity index (χ0) is 18.2. The predicted molar refractivity (Wildman–Crippen MR) is 87.9 cm³/mol. The van der Waals surface area contributed by atoms with E-state index in [0.29, 0.717) is 5.56 Å². The molecule has 0 aromatic heterocycles. The van der Waals surface area contributed by atoms with Gasteiger partial charge in [0, 0.05) is 12.1 Å². The molecule has 8 nitrogen and oxygen atoms in total. The molecule has 2 rings (SSSR count). The number of nitrogens with zero attached hydrogens (tertiary/aromatic N) is 1. The number of ether oxygens (including phenoxy) is 1. The lowest BCUT2D eigenvalue weighted by atomic mass is 10.0. The van der Waals surface area contributed by atoms with Crippen molar-refractivity contribution in [2.24, 2.45) is 0 Å². The summed E-state index contributed by atoms with van der Waals surface area (Å²) in [4.78, 5) is 33.2. The molecule has 0 heterocycles. The Labute approximate surface area is 143 Å². The molecular weight excluding hydrogens is 328 g/mol. The van der Waals surface area contributed by atoms with Crippen LogP contribution in [0.15, 0.2) is 54.6 Å². The van der Waals surface area contributed by atoms with E-state index in [4.69, 9.17) is 9.84 Å². The number of rotatable bonds is 7. The molecule has 0 spiro atoms. The van der Waals surface area contributed by atoms with Crippen LogP contribution in [0.25, 0.3) is 0 Å². The Morgan fingerprint density at radius 2 is 1.88 bits per heavy atom. The second-order valence-corrected chi connectivity index (χ2v) is 5.21. The molecule has 0 aliphatic heterocycles. The first kappa shape index (κ1) is 17.9. The van der Waals surface area contributed by atoms with Crippen LogP contribution < -0.4 is 5.32 Å². The van der Waals surface area contributed by atoms with Crippen molar-refractivity contribution in [1.82, 2.24) is 5.32 Å². The van der Waals surface area contributed by atoms with Crippen LogP contribution in [0.1, 0.15) is 23.6 Å². The van der Waals surface area contributed by atoms with Crippen LogP contribution in [0.2, 0.25) is 0 Å². The van der Waals surface area contributed by atoms with E-state index in [-0.39, 0.29) is 12.3 Å². The average molecular weight is 344 g/mol. The summed E-state index contributed by atoms with van der Waals surface area (Å²) in [5, 5.41) is 22.3. The lowest BCUT2D eigenvalue weighted by Gasteiger charge is -2.17. The van der Waals surface area contributed by atoms with Gasteiger partial charge in [0.2, 0.25) is 0 Å². The Balaban J connectivity index is 2.06. The van der Waals surface area contributed by atoms with Crippen molar-refractivity contribution in [3.05, 3.63) is 75.8 Å². The summed E-state index contributed by atoms with van der Waals surface area (Å²) in [6.07, 6.45) is -1.23. The van der Waals surface area contributed by atoms with Gasteiger partial charge in [-0.2, -0.15) is 0 Å². The van der Waals surface area contributed by atoms with Crippen LogP contribution >= 0.6 is 0 Å². The highest BCUT2D eigenvalue weighted by atomic mass is 16.6. The number of hydrogen-bond acceptors (Lipinski definition) is 5. The molecule has 0 unspecified atom stereocenters. The fourth-order valence-corrected chi connectivity index (χ4v) is 2.19. The van der Waals surface area contributed by atoms with Crippen molar-refractivity contribution in [2.75, 3.05) is 0 Å². The van der Waals surface area contributed by atoms with Crippen LogP contribution in [-0.2, 0) is 16.1 Å². The van der Waals surface area contributed by atoms with E-state index < -0.39 is 29.4 Å². The Bertz CT molecular complexity index is 763. The molecule has 0 aliphatic rings. The maximum atomic E-state index is 11.9. The first-order valence-electron chi connectivity index (χ1n) is 7.39. The highest BCUT2D eigenvalue weighted by Gasteiger charge is 2.21. The summed E-state index contributed by atoms with van der Waals surface area (Å²) in [5.41, 5.74) is 0.906. The molecule has 0 radical (unpaired) electrons. The summed E-state index contributed by atoms with van der Waals surface area (Å²) in [7, 11) is 0. The summed E-state index contributed by atoms with van der Waals surface area (Å²) < 4.78 is 5.06. The summed E-state index contributed by atoms with van der Waals surface area (Å²) in [5.74, 6) is -1.15. The number of non-ortho nitro benzene ring substituents is 1. The van der Waals surface area contributed by atoms with Crippen molar-refractivity contribution < 1.29 is 24.4 Å². The van der Waals surface area contributed by atoms with Crippen molar-refractivity contribution in [3.8, 4) is 0 Å². The molecule has 2 aromatic rings. The van der Waals surface area contributed by atoms with Crippen LogP contribution in [-0.4, -0.2) is 22.1 Å². The standard InChI is InChI=1S/C17H16N2O6/c20-16(21)10-15(13-7-4-8-14(9-13)19(23)24)18-17(22)25-11-12-5-2-1-3-6-12/h1-9,15H,10-11H2,(H,18,22)(H,20,21)/t15-/m0/s1. The molecule has 0 saturated carbocycles. The molecular formula is C17H16N2O6. The quantitative estimate of drug-likeness (QED) is 0.588. The number of nitro groups is 1. The van der Waals surface area contributed by atoms with Gasteiger partial charge in [0.1, 0.15) is 6.61 Å². The summed E-state index contributed by atoms with van der Waals surface area (Å²) >= 11 is 0. The van der Waals surface area contributed by atoms with E-state index in [1.54, 1.807) is 24.3 Å². The number of carboxylic acids is 1. The van der Waals surface area contributed by atoms with Crippen LogP contribution in [0.3, 0.4) is 0 Å². The number of carboxylic acid groups (broad SMARTS) is 1. The number of nitrogens with one attached hydrogen (secondary N) is 1. The lowest BCUT2D eigenvalue weighted by Crippen LogP contribution is -2.30. The number of amides is 1. The minimum Gasteiger partial charge on any atom is -0.481 e. The number of nitro benzene ring substituents is 1. The molecule has 1 amide bonds. The third-order valence-electron chi connectivity index (χ3n) is 3.37. The predicted octanol–water partition coefficient (Wildman–Crippen LogP) is 3.04. The van der Waals surface area contributed by atoms with E-state index >= 15 is 0 Å². The fraction of sp³-hybridized carbons (Fsp3) is 0.176. The Hall–Kier alpha value is -3.42. The smallest absolute Gasteiger partial charge is 0.407 e. The fourth-order valence-electron chi connectivity index (χ4n) is 2.19. The molecule has 0 fully saturated rings. The van der Waals surface area contributed by atoms with Gasteiger partial charge in [-0.05, 0) is 11.1 Å². The third-order valence-corrected chi connectivity index (χ3v) is 3.37. The van der Waals surface area contributed by atoms with E-state index in [1.807, 2.05) is 6.07 Å². The molecule has 0 aliphatic carbocycles. The minimum atomic E-state index is -1.15. The van der Waals surface area contributed by atoms with E-state index in [0.717, 1.165) is 5.56 Å². The van der Waals surface area contributed by atoms with E-state index in [2.05, 4.69) is 5.32 Å². The average Bonchev–Trinajstić information content (AvgIpc) is 2.60. The number of alkyl carbamates (subject to hydrolysis) is 1. The zero-order valence-electron chi connectivity index (χ0n) is 13.1. The van der Waals surface area contributed by atoms with Crippen LogP contribution in [0, 0.1) is 10.1 Å². The largest absolute Gasteiger partial charge is 0.481 e. The van der Waals surface area contributed by atoms with Gasteiger partial charge in [-0.25, -0.2) is 4.79 Å². The van der Waals surface area contributed by atoms with Gasteiger partial charge in [0.15, 0.2) is 0 Å². The molecule has 0 saturated heterocycles. The maximum Gasteiger partial charge on any atom is 0.407 e. The maximum absolute atomic E-state index is 11.9. The third kappa shape index (κ3) is 5.61. The second kappa shape index (κ2) is 8.44. The highest BCUT2D eigenvalue weighted by molar-refractivity contribution is 5.72. The van der Waals surface area contributed by atoms with Gasteiger partial charge in [0.05, 0.1) is 17.4 Å². The Morgan fingerprint density at radius 1 is 1.16 bits per heavy atom. The van der Waals surface area contributed by atoms with Crippen molar-refractivity contribution in [2.45, 2.75) is 19.1 Å². The number of hydrogen-bond donors (Lipinski definition) is 2. The summed E-state index contributed by atoms with van der Waals surface area (Å²) in [6.45, 7) is 0.0292. The van der Waals surface area contributed by atoms with Crippen molar-refractivity contribution in [3.63, 3.8) is 0 Å². The van der Waals surface area contributed by atoms with Crippen LogP contribution in [0.5, 0.6) is 0 Å². The van der Waals surface area contributed by atoms with Crippen LogP contribution in [0.4, 0.5) is 10.5 Å². The zero-order valence-corrected chi connectivity index (χ0v) is 13.1. The molecule has 1 atom stereocenters. The van der Waals surface area contributed by atoms with Gasteiger partial charge >= 0.3 is 12.1 Å². The Kier molecular flexibility index (Phi) is 6.05. The van der Waals surface area contributed by atoms with E-state index in [1.165, 1.54) is 24.3 Å². The minimum absolute atomic E-state index is 0.0292. The SMILES string of the molecule is O=C(O)C[C@H](NC(=O)OCc1ccccc1)c1cccc([N+](=O)[O-])c1. The van der Waals surface area contributed by atoms with E-state index in [9.17, 15) is 19.7 Å². The van der Waals surface area contributed by atoms with Gasteiger partial charge in [-0.3, -0.25) is 14.9 Å².